The lowest BCUT2D eigenvalue weighted by Gasteiger charge is -2.17. The van der Waals surface area contributed by atoms with Gasteiger partial charge in [0, 0.05) is 18.0 Å². The van der Waals surface area contributed by atoms with E-state index in [9.17, 15) is 4.79 Å². The Morgan fingerprint density at radius 1 is 1.38 bits per heavy atom. The summed E-state index contributed by atoms with van der Waals surface area (Å²) in [7, 11) is 0. The van der Waals surface area contributed by atoms with Gasteiger partial charge in [0.15, 0.2) is 0 Å². The third kappa shape index (κ3) is 4.08. The summed E-state index contributed by atoms with van der Waals surface area (Å²) in [6.07, 6.45) is 2.46. The number of nitrogens with two attached hydrogens (primary N) is 1. The predicted molar refractivity (Wildman–Crippen MR) is 61.2 cm³/mol. The summed E-state index contributed by atoms with van der Waals surface area (Å²) >= 11 is 0. The number of hydrogen-bond acceptors (Lipinski definition) is 3. The third-order valence-electron chi connectivity index (χ3n) is 1.58. The van der Waals surface area contributed by atoms with Gasteiger partial charge in [0.25, 0.3) is 0 Å². The number of pyridine rings is 1. The Kier molecular flexibility index (Phi) is 3.60. The summed E-state index contributed by atoms with van der Waals surface area (Å²) in [6, 6.07) is 3.34. The summed E-state index contributed by atoms with van der Waals surface area (Å²) in [5.74, 6) is 0.122. The van der Waals surface area contributed by atoms with Gasteiger partial charge in [-0.15, -0.1) is 0 Å². The Balaban J connectivity index is 2.75. The lowest BCUT2D eigenvalue weighted by molar-refractivity contribution is 0.0604. The van der Waals surface area contributed by atoms with Crippen molar-refractivity contribution in [2.75, 3.05) is 0 Å². The molecule has 0 spiro atoms. The first-order valence-corrected chi connectivity index (χ1v) is 4.86. The van der Waals surface area contributed by atoms with E-state index in [0.717, 1.165) is 0 Å². The van der Waals surface area contributed by atoms with Crippen LogP contribution in [0.5, 0.6) is 0 Å². The predicted octanol–water partition coefficient (Wildman–Crippen LogP) is 1.72. The minimum atomic E-state index is -0.693. The van der Waals surface area contributed by atoms with Crippen LogP contribution in [0, 0.1) is 0 Å². The largest absolute Gasteiger partial charge is 0.442 e. The molecule has 1 aromatic rings. The van der Waals surface area contributed by atoms with Gasteiger partial charge in [0.05, 0.1) is 0 Å². The van der Waals surface area contributed by atoms with E-state index in [2.05, 4.69) is 9.98 Å². The van der Waals surface area contributed by atoms with Crippen LogP contribution in [0.4, 0.5) is 4.79 Å². The molecule has 0 aliphatic rings. The standard InChI is InChI=1S/C11H15N3O2/c1-11(2,3)16-10(15)14-9(12)8-4-6-13-7-5-8/h4-7H,1-3H3,(H2,12,14,15). The second-order valence-corrected chi connectivity index (χ2v) is 4.21. The van der Waals surface area contributed by atoms with Gasteiger partial charge in [0.1, 0.15) is 11.4 Å². The second-order valence-electron chi connectivity index (χ2n) is 4.21. The van der Waals surface area contributed by atoms with Crippen molar-refractivity contribution < 1.29 is 9.53 Å². The van der Waals surface area contributed by atoms with Crippen LogP contribution in [0.1, 0.15) is 26.3 Å². The van der Waals surface area contributed by atoms with Crippen LogP contribution in [0.15, 0.2) is 29.5 Å². The van der Waals surface area contributed by atoms with Crippen LogP contribution in [0.25, 0.3) is 0 Å². The number of rotatable bonds is 1. The highest BCUT2D eigenvalue weighted by Crippen LogP contribution is 2.08. The molecule has 86 valence electrons. The van der Waals surface area contributed by atoms with Crippen LogP contribution in [-0.2, 0) is 4.74 Å². The second kappa shape index (κ2) is 4.74. The first kappa shape index (κ1) is 12.2. The Labute approximate surface area is 94.4 Å². The number of ether oxygens (including phenoxy) is 1. The Bertz CT molecular complexity index is 393. The van der Waals surface area contributed by atoms with Crippen LogP contribution in [0.3, 0.4) is 0 Å². The molecule has 0 aromatic carbocycles. The zero-order valence-corrected chi connectivity index (χ0v) is 9.60. The fourth-order valence-corrected chi connectivity index (χ4v) is 0.970. The van der Waals surface area contributed by atoms with Gasteiger partial charge >= 0.3 is 6.09 Å². The monoisotopic (exact) mass is 221 g/mol. The minimum Gasteiger partial charge on any atom is -0.442 e. The minimum absolute atomic E-state index is 0.122. The van der Waals surface area contributed by atoms with Gasteiger partial charge < -0.3 is 10.5 Å². The average molecular weight is 221 g/mol. The molecule has 0 fully saturated rings. The Morgan fingerprint density at radius 3 is 2.44 bits per heavy atom. The van der Waals surface area contributed by atoms with Crippen LogP contribution < -0.4 is 5.73 Å². The van der Waals surface area contributed by atoms with Crippen LogP contribution in [0.2, 0.25) is 0 Å². The number of carbonyl (C=O) groups excluding carboxylic acids is 1. The zero-order valence-electron chi connectivity index (χ0n) is 9.60. The van der Waals surface area contributed by atoms with Gasteiger partial charge in [-0.2, -0.15) is 4.99 Å². The third-order valence-corrected chi connectivity index (χ3v) is 1.58. The van der Waals surface area contributed by atoms with E-state index in [0.29, 0.717) is 5.56 Å². The molecule has 5 heteroatoms. The maximum atomic E-state index is 11.3. The molecule has 0 atom stereocenters. The van der Waals surface area contributed by atoms with Crippen molar-refractivity contribution in [3.05, 3.63) is 30.1 Å². The summed E-state index contributed by atoms with van der Waals surface area (Å²) in [4.78, 5) is 18.8. The Morgan fingerprint density at radius 2 is 1.94 bits per heavy atom. The molecule has 0 saturated carbocycles. The molecule has 0 saturated heterocycles. The van der Waals surface area contributed by atoms with Gasteiger partial charge in [0.2, 0.25) is 0 Å². The maximum Gasteiger partial charge on any atom is 0.436 e. The number of aromatic nitrogens is 1. The van der Waals surface area contributed by atoms with Crippen molar-refractivity contribution in [3.8, 4) is 0 Å². The first-order valence-electron chi connectivity index (χ1n) is 4.86. The van der Waals surface area contributed by atoms with E-state index >= 15 is 0 Å². The number of hydrogen-bond donors (Lipinski definition) is 1. The number of nitrogens with zero attached hydrogens (tertiary/aromatic N) is 2. The summed E-state index contributed by atoms with van der Waals surface area (Å²) in [5.41, 5.74) is 5.71. The number of amidine groups is 1. The highest BCUT2D eigenvalue weighted by atomic mass is 16.6. The molecule has 0 aliphatic heterocycles. The Hall–Kier alpha value is -1.91. The van der Waals surface area contributed by atoms with Crippen LogP contribution in [-0.4, -0.2) is 22.5 Å². The fraction of sp³-hybridized carbons (Fsp3) is 0.364. The van der Waals surface area contributed by atoms with E-state index in [1.54, 1.807) is 45.3 Å². The molecule has 1 aromatic heterocycles. The van der Waals surface area contributed by atoms with Crippen molar-refractivity contribution >= 4 is 11.9 Å². The van der Waals surface area contributed by atoms with Gasteiger partial charge in [-0.1, -0.05) is 0 Å². The van der Waals surface area contributed by atoms with Gasteiger partial charge in [-0.05, 0) is 32.9 Å². The number of carbonyl (C=O) groups is 1. The molecule has 0 radical (unpaired) electrons. The van der Waals surface area contributed by atoms with Crippen LogP contribution >= 0.6 is 0 Å². The normalized spacial score (nSPS) is 12.3. The summed E-state index contributed by atoms with van der Waals surface area (Å²) in [6.45, 7) is 5.30. The zero-order chi connectivity index (χ0) is 12.2. The van der Waals surface area contributed by atoms with Crippen molar-refractivity contribution in [2.24, 2.45) is 10.7 Å². The van der Waals surface area contributed by atoms with Gasteiger partial charge in [-0.25, -0.2) is 4.79 Å². The first-order chi connectivity index (χ1) is 7.38. The topological polar surface area (TPSA) is 77.6 Å². The molecule has 0 unspecified atom stereocenters. The lowest BCUT2D eigenvalue weighted by Crippen LogP contribution is -2.24. The van der Waals surface area contributed by atoms with Crippen molar-refractivity contribution in [2.45, 2.75) is 26.4 Å². The van der Waals surface area contributed by atoms with Crippen molar-refractivity contribution in [1.82, 2.24) is 4.98 Å². The maximum absolute atomic E-state index is 11.3. The molecule has 0 aliphatic carbocycles. The highest BCUT2D eigenvalue weighted by molar-refractivity contribution is 6.02. The van der Waals surface area contributed by atoms with E-state index in [4.69, 9.17) is 10.5 Å². The SMILES string of the molecule is CC(C)(C)OC(=O)/N=C(\N)c1ccncc1. The number of aliphatic imine (C=N–C) groups is 1. The highest BCUT2D eigenvalue weighted by Gasteiger charge is 2.15. The molecule has 1 amide bonds. The summed E-state index contributed by atoms with van der Waals surface area (Å²) < 4.78 is 5.01. The smallest absolute Gasteiger partial charge is 0.436 e. The molecule has 1 heterocycles. The molecule has 2 N–H and O–H groups in total. The quantitative estimate of drug-likeness (QED) is 0.578. The lowest BCUT2D eigenvalue weighted by atomic mass is 10.2. The summed E-state index contributed by atoms with van der Waals surface area (Å²) in [5, 5.41) is 0. The van der Waals surface area contributed by atoms with Crippen molar-refractivity contribution in [3.63, 3.8) is 0 Å². The molecular formula is C11H15N3O2. The molecule has 1 rings (SSSR count). The molecule has 5 nitrogen and oxygen atoms in total. The molecular weight excluding hydrogens is 206 g/mol. The van der Waals surface area contributed by atoms with Crippen molar-refractivity contribution in [1.29, 1.82) is 0 Å². The fourth-order valence-electron chi connectivity index (χ4n) is 0.970. The van der Waals surface area contributed by atoms with E-state index in [1.165, 1.54) is 0 Å². The van der Waals surface area contributed by atoms with Gasteiger partial charge in [-0.3, -0.25) is 4.98 Å². The molecule has 16 heavy (non-hydrogen) atoms. The molecule has 0 bridgehead atoms. The average Bonchev–Trinajstić information content (AvgIpc) is 2.16. The number of amides is 1. The van der Waals surface area contributed by atoms with E-state index in [-0.39, 0.29) is 5.84 Å². The van der Waals surface area contributed by atoms with E-state index < -0.39 is 11.7 Å². The van der Waals surface area contributed by atoms with E-state index in [1.807, 2.05) is 0 Å².